The first-order valence-corrected chi connectivity index (χ1v) is 9.70. The monoisotopic (exact) mass is 384 g/mol. The molecule has 5 heteroatoms. The molecule has 0 aliphatic carbocycles. The maximum Gasteiger partial charge on any atom is 0.251 e. The van der Waals surface area contributed by atoms with E-state index in [2.05, 4.69) is 38.3 Å². The maximum atomic E-state index is 13.7. The Balaban J connectivity index is 1.58. The maximum absolute atomic E-state index is 13.7. The molecular formula is C23H29FN2O2. The summed E-state index contributed by atoms with van der Waals surface area (Å²) in [5.41, 5.74) is 1.04. The molecule has 2 aromatic carbocycles. The number of benzene rings is 2. The minimum atomic E-state index is -0.286. The van der Waals surface area contributed by atoms with E-state index in [1.165, 1.54) is 6.07 Å². The Morgan fingerprint density at radius 1 is 1.07 bits per heavy atom. The summed E-state index contributed by atoms with van der Waals surface area (Å²) in [6.45, 7) is 8.80. The molecule has 4 nitrogen and oxygen atoms in total. The van der Waals surface area contributed by atoms with Gasteiger partial charge in [0.05, 0.1) is 0 Å². The molecule has 0 bridgehead atoms. The van der Waals surface area contributed by atoms with Crippen molar-refractivity contribution in [2.45, 2.75) is 64.3 Å². The van der Waals surface area contributed by atoms with Crippen molar-refractivity contribution in [3.63, 3.8) is 0 Å². The summed E-state index contributed by atoms with van der Waals surface area (Å²) in [7, 11) is 0. The summed E-state index contributed by atoms with van der Waals surface area (Å²) < 4.78 is 19.3. The number of nitrogens with one attached hydrogen (secondary N) is 2. The van der Waals surface area contributed by atoms with Gasteiger partial charge in [0.25, 0.3) is 5.91 Å². The molecule has 0 aromatic heterocycles. The van der Waals surface area contributed by atoms with Crippen LogP contribution in [-0.4, -0.2) is 23.0 Å². The van der Waals surface area contributed by atoms with Crippen LogP contribution in [0.1, 0.15) is 56.5 Å². The number of amides is 1. The molecule has 0 unspecified atom stereocenters. The van der Waals surface area contributed by atoms with E-state index in [4.69, 9.17) is 4.74 Å². The summed E-state index contributed by atoms with van der Waals surface area (Å²) >= 11 is 0. The van der Waals surface area contributed by atoms with Crippen molar-refractivity contribution >= 4 is 5.91 Å². The summed E-state index contributed by atoms with van der Waals surface area (Å²) in [4.78, 5) is 12.6. The van der Waals surface area contributed by atoms with Crippen LogP contribution in [0, 0.1) is 5.82 Å². The third-order valence-corrected chi connectivity index (χ3v) is 4.99. The molecule has 1 saturated heterocycles. The van der Waals surface area contributed by atoms with Crippen molar-refractivity contribution < 1.29 is 13.9 Å². The van der Waals surface area contributed by atoms with Crippen molar-refractivity contribution in [1.82, 2.24) is 10.6 Å². The van der Waals surface area contributed by atoms with E-state index in [9.17, 15) is 9.18 Å². The Morgan fingerprint density at radius 2 is 1.68 bits per heavy atom. The molecule has 2 aromatic rings. The van der Waals surface area contributed by atoms with E-state index in [1.807, 2.05) is 0 Å². The lowest BCUT2D eigenvalue weighted by Gasteiger charge is -2.46. The topological polar surface area (TPSA) is 50.4 Å². The minimum absolute atomic E-state index is 0.0237. The molecule has 0 saturated carbocycles. The predicted molar refractivity (Wildman–Crippen MR) is 109 cm³/mol. The van der Waals surface area contributed by atoms with Crippen LogP contribution in [0.25, 0.3) is 0 Å². The average Bonchev–Trinajstić information content (AvgIpc) is 2.58. The quantitative estimate of drug-likeness (QED) is 0.801. The second kappa shape index (κ2) is 7.92. The first kappa shape index (κ1) is 20.3. The second-order valence-corrected chi connectivity index (χ2v) is 8.88. The highest BCUT2D eigenvalue weighted by atomic mass is 19.1. The zero-order valence-corrected chi connectivity index (χ0v) is 17.0. The van der Waals surface area contributed by atoms with Crippen LogP contribution in [0.4, 0.5) is 4.39 Å². The Kier molecular flexibility index (Phi) is 5.75. The fraction of sp³-hybridized carbons (Fsp3) is 0.435. The van der Waals surface area contributed by atoms with Crippen molar-refractivity contribution in [3.8, 4) is 5.75 Å². The smallest absolute Gasteiger partial charge is 0.251 e. The van der Waals surface area contributed by atoms with E-state index in [1.54, 1.807) is 42.5 Å². The van der Waals surface area contributed by atoms with Gasteiger partial charge in [0.15, 0.2) is 0 Å². The highest BCUT2D eigenvalue weighted by Crippen LogP contribution is 2.28. The molecule has 1 amide bonds. The van der Waals surface area contributed by atoms with E-state index in [0.29, 0.717) is 16.9 Å². The van der Waals surface area contributed by atoms with Gasteiger partial charge in [-0.05, 0) is 70.9 Å². The lowest BCUT2D eigenvalue weighted by atomic mass is 9.79. The zero-order valence-electron chi connectivity index (χ0n) is 17.0. The van der Waals surface area contributed by atoms with Crippen LogP contribution in [-0.2, 0) is 6.61 Å². The molecule has 3 rings (SSSR count). The Morgan fingerprint density at radius 3 is 2.29 bits per heavy atom. The van der Waals surface area contributed by atoms with Crippen LogP contribution in [0.15, 0.2) is 48.5 Å². The van der Waals surface area contributed by atoms with E-state index in [0.717, 1.165) is 12.8 Å². The van der Waals surface area contributed by atoms with Crippen molar-refractivity contribution in [3.05, 3.63) is 65.5 Å². The van der Waals surface area contributed by atoms with E-state index < -0.39 is 0 Å². The van der Waals surface area contributed by atoms with Gasteiger partial charge in [-0.1, -0.05) is 18.2 Å². The summed E-state index contributed by atoms with van der Waals surface area (Å²) in [6, 6.07) is 13.6. The highest BCUT2D eigenvalue weighted by Gasteiger charge is 2.38. The molecular weight excluding hydrogens is 355 g/mol. The first-order chi connectivity index (χ1) is 13.1. The molecule has 1 aliphatic rings. The number of rotatable bonds is 5. The molecule has 0 atom stereocenters. The summed E-state index contributed by atoms with van der Waals surface area (Å²) in [5.74, 6) is 0.231. The van der Waals surface area contributed by atoms with Crippen LogP contribution < -0.4 is 15.4 Å². The largest absolute Gasteiger partial charge is 0.489 e. The van der Waals surface area contributed by atoms with Gasteiger partial charge >= 0.3 is 0 Å². The van der Waals surface area contributed by atoms with Crippen LogP contribution >= 0.6 is 0 Å². The standard InChI is InChI=1S/C23H29FN2O2/c1-22(2)13-18(14-23(3,4)26-22)25-21(27)16-9-11-19(12-10-16)28-15-17-7-5-6-8-20(17)24/h5-12,18,26H,13-15H2,1-4H3,(H,25,27). The van der Waals surface area contributed by atoms with Gasteiger partial charge in [-0.15, -0.1) is 0 Å². The number of hydrogen-bond donors (Lipinski definition) is 2. The van der Waals surface area contributed by atoms with Gasteiger partial charge in [0.1, 0.15) is 18.2 Å². The third kappa shape index (κ3) is 5.32. The average molecular weight is 384 g/mol. The third-order valence-electron chi connectivity index (χ3n) is 4.99. The van der Waals surface area contributed by atoms with Gasteiger partial charge < -0.3 is 15.4 Å². The van der Waals surface area contributed by atoms with Gasteiger partial charge in [0.2, 0.25) is 0 Å². The molecule has 2 N–H and O–H groups in total. The minimum Gasteiger partial charge on any atom is -0.489 e. The fourth-order valence-corrected chi connectivity index (χ4v) is 4.17. The molecule has 28 heavy (non-hydrogen) atoms. The lowest BCUT2D eigenvalue weighted by molar-refractivity contribution is 0.0873. The lowest BCUT2D eigenvalue weighted by Crippen LogP contribution is -2.62. The number of piperidine rings is 1. The van der Waals surface area contributed by atoms with Crippen molar-refractivity contribution in [2.24, 2.45) is 0 Å². The highest BCUT2D eigenvalue weighted by molar-refractivity contribution is 5.94. The zero-order chi connectivity index (χ0) is 20.4. The molecule has 1 fully saturated rings. The van der Waals surface area contributed by atoms with Crippen molar-refractivity contribution in [1.29, 1.82) is 0 Å². The number of carbonyl (C=O) groups excluding carboxylic acids is 1. The number of halogens is 1. The summed E-state index contributed by atoms with van der Waals surface area (Å²) in [6.07, 6.45) is 1.76. The van der Waals surface area contributed by atoms with Crippen LogP contribution in [0.3, 0.4) is 0 Å². The number of hydrogen-bond acceptors (Lipinski definition) is 3. The fourth-order valence-electron chi connectivity index (χ4n) is 4.17. The summed E-state index contributed by atoms with van der Waals surface area (Å²) in [5, 5.41) is 6.78. The SMILES string of the molecule is CC1(C)CC(NC(=O)c2ccc(OCc3ccccc3F)cc2)CC(C)(C)N1. The number of ether oxygens (including phenoxy) is 1. The molecule has 1 heterocycles. The van der Waals surface area contributed by atoms with Gasteiger partial charge in [-0.25, -0.2) is 4.39 Å². The van der Waals surface area contributed by atoms with E-state index >= 15 is 0 Å². The number of carbonyl (C=O) groups is 1. The van der Waals surface area contributed by atoms with Gasteiger partial charge in [0, 0.05) is 28.2 Å². The van der Waals surface area contributed by atoms with Gasteiger partial charge in [-0.3, -0.25) is 4.79 Å². The predicted octanol–water partition coefficient (Wildman–Crippen LogP) is 4.44. The first-order valence-electron chi connectivity index (χ1n) is 9.70. The molecule has 0 radical (unpaired) electrons. The molecule has 150 valence electrons. The Bertz CT molecular complexity index is 815. The van der Waals surface area contributed by atoms with Crippen molar-refractivity contribution in [2.75, 3.05) is 0 Å². The van der Waals surface area contributed by atoms with E-state index in [-0.39, 0.29) is 35.5 Å². The molecule has 1 aliphatic heterocycles. The van der Waals surface area contributed by atoms with Crippen LogP contribution in [0.2, 0.25) is 0 Å². The normalized spacial score (nSPS) is 18.5. The Labute approximate surface area is 166 Å². The van der Waals surface area contributed by atoms with Crippen LogP contribution in [0.5, 0.6) is 5.75 Å². The second-order valence-electron chi connectivity index (χ2n) is 8.88. The molecule has 0 spiro atoms. The van der Waals surface area contributed by atoms with Gasteiger partial charge in [-0.2, -0.15) is 0 Å². The Hall–Kier alpha value is -2.40.